The van der Waals surface area contributed by atoms with Crippen LogP contribution < -0.4 is 14.8 Å². The van der Waals surface area contributed by atoms with Crippen molar-refractivity contribution in [2.75, 3.05) is 5.32 Å². The highest BCUT2D eigenvalue weighted by Gasteiger charge is 2.38. The molecule has 0 saturated carbocycles. The fourth-order valence-corrected chi connectivity index (χ4v) is 4.53. The summed E-state index contributed by atoms with van der Waals surface area (Å²) in [5.41, 5.74) is 1.47. The first-order chi connectivity index (χ1) is 15.7. The van der Waals surface area contributed by atoms with Gasteiger partial charge in [-0.05, 0) is 51.1 Å². The van der Waals surface area contributed by atoms with E-state index in [2.05, 4.69) is 20.5 Å². The fourth-order valence-electron chi connectivity index (χ4n) is 3.79. The van der Waals surface area contributed by atoms with Crippen LogP contribution in [0.5, 0.6) is 11.5 Å². The number of nitrogens with one attached hydrogen (secondary N) is 1. The molecule has 2 aliphatic rings. The lowest BCUT2D eigenvalue weighted by Gasteiger charge is -2.34. The largest absolute Gasteiger partial charge is 0.488 e. The Hall–Kier alpha value is -3.59. The molecule has 0 radical (unpaired) electrons. The molecule has 33 heavy (non-hydrogen) atoms. The number of carbonyl (C=O) groups is 2. The minimum Gasteiger partial charge on any atom is -0.488 e. The maximum atomic E-state index is 13.3. The van der Waals surface area contributed by atoms with E-state index in [9.17, 15) is 9.59 Å². The Morgan fingerprint density at radius 1 is 1.15 bits per heavy atom. The Bertz CT molecular complexity index is 1300. The van der Waals surface area contributed by atoms with Gasteiger partial charge in [0.05, 0.1) is 22.6 Å². The van der Waals surface area contributed by atoms with Gasteiger partial charge in [0, 0.05) is 18.0 Å². The molecule has 0 saturated heterocycles. The van der Waals surface area contributed by atoms with Crippen LogP contribution in [0, 0.1) is 5.92 Å². The van der Waals surface area contributed by atoms with Crippen LogP contribution in [-0.2, 0) is 0 Å². The maximum absolute atomic E-state index is 13.3. The van der Waals surface area contributed by atoms with Crippen LogP contribution in [0.2, 0.25) is 0 Å². The third kappa shape index (κ3) is 3.78. The van der Waals surface area contributed by atoms with Gasteiger partial charge in [-0.3, -0.25) is 19.9 Å². The van der Waals surface area contributed by atoms with Gasteiger partial charge in [-0.2, -0.15) is 0 Å². The Morgan fingerprint density at radius 3 is 2.67 bits per heavy atom. The van der Waals surface area contributed by atoms with Crippen molar-refractivity contribution in [2.45, 2.75) is 39.4 Å². The lowest BCUT2D eigenvalue weighted by Crippen LogP contribution is -2.36. The van der Waals surface area contributed by atoms with E-state index < -0.39 is 11.5 Å². The fraction of sp³-hybridized carbons (Fsp3) is 0.292. The summed E-state index contributed by atoms with van der Waals surface area (Å²) in [5, 5.41) is 12.0. The van der Waals surface area contributed by atoms with Crippen molar-refractivity contribution in [3.63, 3.8) is 0 Å². The zero-order valence-electron chi connectivity index (χ0n) is 18.6. The van der Waals surface area contributed by atoms with Crippen LogP contribution in [0.25, 0.3) is 16.6 Å². The van der Waals surface area contributed by atoms with Crippen molar-refractivity contribution >= 4 is 34.2 Å². The van der Waals surface area contributed by atoms with E-state index in [-0.39, 0.29) is 23.4 Å². The summed E-state index contributed by atoms with van der Waals surface area (Å²) in [7, 11) is 0. The number of Topliss-reactive ketones (excluding diaryl/α,β-unsaturated/α-hetero) is 1. The highest BCUT2D eigenvalue weighted by Crippen LogP contribution is 2.45. The number of nitrogens with zero attached hydrogens (tertiary/aromatic N) is 3. The molecule has 0 aliphatic carbocycles. The number of fused-ring (bicyclic) bond motifs is 3. The molecule has 1 N–H and O–H groups in total. The summed E-state index contributed by atoms with van der Waals surface area (Å²) in [6.45, 7) is 7.49. The quantitative estimate of drug-likeness (QED) is 0.605. The summed E-state index contributed by atoms with van der Waals surface area (Å²) in [4.78, 5) is 30.4. The molecule has 5 rings (SSSR count). The van der Waals surface area contributed by atoms with E-state index in [0.717, 1.165) is 5.56 Å². The van der Waals surface area contributed by atoms with Crippen molar-refractivity contribution in [3.8, 4) is 22.1 Å². The van der Waals surface area contributed by atoms with Gasteiger partial charge in [-0.15, -0.1) is 10.2 Å². The Labute approximate surface area is 194 Å². The van der Waals surface area contributed by atoms with E-state index in [1.165, 1.54) is 11.3 Å². The third-order valence-corrected chi connectivity index (χ3v) is 6.68. The van der Waals surface area contributed by atoms with Gasteiger partial charge in [0.1, 0.15) is 28.2 Å². The van der Waals surface area contributed by atoms with Crippen LogP contribution in [0.4, 0.5) is 5.13 Å². The van der Waals surface area contributed by atoms with Gasteiger partial charge in [-0.25, -0.2) is 0 Å². The van der Waals surface area contributed by atoms with Crippen LogP contribution in [0.3, 0.4) is 0 Å². The van der Waals surface area contributed by atoms with Gasteiger partial charge < -0.3 is 9.47 Å². The molecule has 2 atom stereocenters. The molecule has 9 heteroatoms. The highest BCUT2D eigenvalue weighted by atomic mass is 32.1. The number of anilines is 1. The molecule has 2 aliphatic heterocycles. The smallest absolute Gasteiger partial charge is 0.261 e. The summed E-state index contributed by atoms with van der Waals surface area (Å²) < 4.78 is 12.2. The first kappa shape index (κ1) is 21.3. The van der Waals surface area contributed by atoms with Crippen LogP contribution >= 0.6 is 11.3 Å². The molecule has 168 valence electrons. The van der Waals surface area contributed by atoms with Gasteiger partial charge in [0.2, 0.25) is 5.13 Å². The molecule has 2 aromatic heterocycles. The number of pyridine rings is 1. The first-order valence-electron chi connectivity index (χ1n) is 10.6. The average molecular weight is 463 g/mol. The number of amides is 1. The average Bonchev–Trinajstić information content (AvgIpc) is 3.25. The second-order valence-corrected chi connectivity index (χ2v) is 9.64. The predicted molar refractivity (Wildman–Crippen MR) is 125 cm³/mol. The van der Waals surface area contributed by atoms with Crippen molar-refractivity contribution in [1.29, 1.82) is 0 Å². The summed E-state index contributed by atoms with van der Waals surface area (Å²) in [5.74, 6) is 0.0285. The lowest BCUT2D eigenvalue weighted by molar-refractivity contribution is 0.0726. The number of benzene rings is 1. The molecule has 0 bridgehead atoms. The Morgan fingerprint density at radius 2 is 1.91 bits per heavy atom. The Kier molecular flexibility index (Phi) is 5.01. The van der Waals surface area contributed by atoms with E-state index in [1.807, 2.05) is 52.0 Å². The Balaban J connectivity index is 1.54. The van der Waals surface area contributed by atoms with Crippen LogP contribution in [0.15, 0.2) is 36.7 Å². The zero-order valence-corrected chi connectivity index (χ0v) is 19.4. The van der Waals surface area contributed by atoms with E-state index in [1.54, 1.807) is 18.5 Å². The van der Waals surface area contributed by atoms with Crippen molar-refractivity contribution in [1.82, 2.24) is 15.2 Å². The number of ketones is 1. The molecule has 0 spiro atoms. The molecule has 8 nitrogen and oxygen atoms in total. The molecule has 0 fully saturated rings. The number of hydrogen-bond donors (Lipinski definition) is 1. The maximum Gasteiger partial charge on any atom is 0.261 e. The van der Waals surface area contributed by atoms with E-state index in [4.69, 9.17) is 9.47 Å². The lowest BCUT2D eigenvalue weighted by atomic mass is 9.87. The van der Waals surface area contributed by atoms with Crippen molar-refractivity contribution in [3.05, 3.63) is 53.4 Å². The van der Waals surface area contributed by atoms with Crippen molar-refractivity contribution in [2.24, 2.45) is 5.92 Å². The number of aromatic nitrogens is 3. The zero-order chi connectivity index (χ0) is 23.3. The molecular formula is C24H22N4O4S. The van der Waals surface area contributed by atoms with Crippen LogP contribution in [-0.4, -0.2) is 38.6 Å². The highest BCUT2D eigenvalue weighted by molar-refractivity contribution is 7.18. The number of hydrogen-bond acceptors (Lipinski definition) is 8. The van der Waals surface area contributed by atoms with Gasteiger partial charge in [-0.1, -0.05) is 18.3 Å². The predicted octanol–water partition coefficient (Wildman–Crippen LogP) is 4.64. The van der Waals surface area contributed by atoms with E-state index >= 15 is 0 Å². The standard InChI is InChI=1S/C24H22N4O4S/c1-12-13(2)31-19-15-5-8-24(3,4)32-20(15)17(11-16(19)18(12)29)21(30)26-23-28-27-22(33-23)14-6-9-25-10-7-14/h5-13H,1-4H3,(H,26,28,30). The number of rotatable bonds is 3. The normalized spacial score (nSPS) is 20.3. The number of carbonyl (C=O) groups excluding carboxylic acids is 2. The van der Waals surface area contributed by atoms with E-state index in [0.29, 0.717) is 32.8 Å². The van der Waals surface area contributed by atoms with Gasteiger partial charge >= 0.3 is 0 Å². The van der Waals surface area contributed by atoms with Gasteiger partial charge in [0.15, 0.2) is 5.78 Å². The molecule has 1 aromatic carbocycles. The molecule has 4 heterocycles. The van der Waals surface area contributed by atoms with Crippen LogP contribution in [0.1, 0.15) is 54.0 Å². The molecule has 2 unspecified atom stereocenters. The minimum absolute atomic E-state index is 0.0604. The second-order valence-electron chi connectivity index (χ2n) is 8.66. The second kappa shape index (κ2) is 7.77. The number of ether oxygens (including phenoxy) is 2. The summed E-state index contributed by atoms with van der Waals surface area (Å²) in [6.07, 6.45) is 6.81. The van der Waals surface area contributed by atoms with Gasteiger partial charge in [0.25, 0.3) is 5.91 Å². The minimum atomic E-state index is -0.620. The SMILES string of the molecule is CC1Oc2c(cc(C(=O)Nc3nnc(-c4ccncc4)s3)c3c2C=CC(C)(C)O3)C(=O)C1C. The third-order valence-electron chi connectivity index (χ3n) is 5.79. The monoisotopic (exact) mass is 462 g/mol. The first-order valence-corrected chi connectivity index (χ1v) is 11.4. The topological polar surface area (TPSA) is 103 Å². The molecular weight excluding hydrogens is 440 g/mol. The molecule has 1 amide bonds. The summed E-state index contributed by atoms with van der Waals surface area (Å²) in [6, 6.07) is 5.21. The van der Waals surface area contributed by atoms with Crippen molar-refractivity contribution < 1.29 is 19.1 Å². The molecule has 3 aromatic rings. The summed E-state index contributed by atoms with van der Waals surface area (Å²) >= 11 is 1.25.